The van der Waals surface area contributed by atoms with Gasteiger partial charge in [-0.25, -0.2) is 0 Å². The van der Waals surface area contributed by atoms with Crippen molar-refractivity contribution in [3.63, 3.8) is 0 Å². The fourth-order valence-electron chi connectivity index (χ4n) is 1.64. The first-order valence-corrected chi connectivity index (χ1v) is 4.57. The van der Waals surface area contributed by atoms with E-state index in [9.17, 15) is 4.79 Å². The van der Waals surface area contributed by atoms with E-state index in [1.165, 1.54) is 0 Å². The van der Waals surface area contributed by atoms with Gasteiger partial charge in [-0.3, -0.25) is 4.79 Å². The summed E-state index contributed by atoms with van der Waals surface area (Å²) in [5, 5.41) is 0. The SMILES string of the molecule is NC(=O)C1CCCC1C(Cl)Cl. The van der Waals surface area contributed by atoms with Crippen molar-refractivity contribution in [1.82, 2.24) is 0 Å². The van der Waals surface area contributed by atoms with Crippen molar-refractivity contribution in [3.05, 3.63) is 0 Å². The standard InChI is InChI=1S/C7H11Cl2NO/c8-6(9)4-2-1-3-5(4)7(10)11/h4-6H,1-3H2,(H2,10,11). The molecule has 11 heavy (non-hydrogen) atoms. The second-order valence-corrected chi connectivity index (χ2v) is 4.10. The number of hydrogen-bond donors (Lipinski definition) is 1. The smallest absolute Gasteiger partial charge is 0.220 e. The minimum Gasteiger partial charge on any atom is -0.369 e. The van der Waals surface area contributed by atoms with E-state index in [4.69, 9.17) is 28.9 Å². The topological polar surface area (TPSA) is 43.1 Å². The summed E-state index contributed by atoms with van der Waals surface area (Å²) in [6.45, 7) is 0. The van der Waals surface area contributed by atoms with Crippen LogP contribution < -0.4 is 5.73 Å². The van der Waals surface area contributed by atoms with Crippen molar-refractivity contribution < 1.29 is 4.79 Å². The molecule has 1 fully saturated rings. The molecule has 2 atom stereocenters. The van der Waals surface area contributed by atoms with Gasteiger partial charge in [0.05, 0.1) is 0 Å². The predicted molar refractivity (Wildman–Crippen MR) is 45.5 cm³/mol. The molecule has 0 heterocycles. The zero-order chi connectivity index (χ0) is 8.43. The fourth-order valence-corrected chi connectivity index (χ4v) is 2.25. The first-order valence-electron chi connectivity index (χ1n) is 3.70. The molecule has 1 saturated carbocycles. The fraction of sp³-hybridized carbons (Fsp3) is 0.857. The van der Waals surface area contributed by atoms with Gasteiger partial charge in [0.25, 0.3) is 0 Å². The van der Waals surface area contributed by atoms with Gasteiger partial charge in [-0.15, -0.1) is 23.2 Å². The summed E-state index contributed by atoms with van der Waals surface area (Å²) < 4.78 is 0. The maximum absolute atomic E-state index is 10.8. The molecule has 0 saturated heterocycles. The molecule has 0 aromatic carbocycles. The zero-order valence-corrected chi connectivity index (χ0v) is 7.61. The number of rotatable bonds is 2. The molecule has 1 rings (SSSR count). The quantitative estimate of drug-likeness (QED) is 0.671. The molecule has 0 spiro atoms. The number of primary amides is 1. The van der Waals surface area contributed by atoms with Crippen molar-refractivity contribution in [3.8, 4) is 0 Å². The molecule has 0 aromatic heterocycles. The van der Waals surface area contributed by atoms with Crippen LogP contribution in [0.5, 0.6) is 0 Å². The van der Waals surface area contributed by atoms with Crippen molar-refractivity contribution >= 4 is 29.1 Å². The Bertz CT molecular complexity index is 161. The largest absolute Gasteiger partial charge is 0.369 e. The normalized spacial score (nSPS) is 31.2. The molecule has 0 radical (unpaired) electrons. The minimum absolute atomic E-state index is 0.0795. The third kappa shape index (κ3) is 2.00. The van der Waals surface area contributed by atoms with E-state index in [1.54, 1.807) is 0 Å². The van der Waals surface area contributed by atoms with Crippen molar-refractivity contribution in [2.75, 3.05) is 0 Å². The van der Waals surface area contributed by atoms with Crippen molar-refractivity contribution in [2.45, 2.75) is 24.1 Å². The van der Waals surface area contributed by atoms with Crippen LogP contribution in [0.3, 0.4) is 0 Å². The van der Waals surface area contributed by atoms with Gasteiger partial charge in [-0.2, -0.15) is 0 Å². The molecule has 1 aliphatic carbocycles. The van der Waals surface area contributed by atoms with Gasteiger partial charge in [-0.1, -0.05) is 6.42 Å². The molecule has 4 heteroatoms. The summed E-state index contributed by atoms with van der Waals surface area (Å²) in [7, 11) is 0. The van der Waals surface area contributed by atoms with E-state index in [0.29, 0.717) is 0 Å². The van der Waals surface area contributed by atoms with Crippen LogP contribution in [0.4, 0.5) is 0 Å². The number of nitrogens with two attached hydrogens (primary N) is 1. The van der Waals surface area contributed by atoms with Crippen LogP contribution in [0, 0.1) is 11.8 Å². The molecular weight excluding hydrogens is 185 g/mol. The Kier molecular flexibility index (Phi) is 3.02. The number of carbonyl (C=O) groups is 1. The lowest BCUT2D eigenvalue weighted by Gasteiger charge is -2.16. The molecular formula is C7H11Cl2NO. The highest BCUT2D eigenvalue weighted by molar-refractivity contribution is 6.44. The first kappa shape index (κ1) is 9.14. The average molecular weight is 196 g/mol. The van der Waals surface area contributed by atoms with Crippen LogP contribution >= 0.6 is 23.2 Å². The molecule has 0 aromatic rings. The average Bonchev–Trinajstić information content (AvgIpc) is 2.32. The van der Waals surface area contributed by atoms with Gasteiger partial charge >= 0.3 is 0 Å². The number of amides is 1. The number of hydrogen-bond acceptors (Lipinski definition) is 1. The number of halogens is 2. The summed E-state index contributed by atoms with van der Waals surface area (Å²) in [4.78, 5) is 10.4. The van der Waals surface area contributed by atoms with Crippen LogP contribution in [-0.4, -0.2) is 10.7 Å². The minimum atomic E-state index is -0.449. The van der Waals surface area contributed by atoms with E-state index in [-0.39, 0.29) is 17.7 Å². The Morgan fingerprint density at radius 3 is 2.45 bits per heavy atom. The predicted octanol–water partition coefficient (Wildman–Crippen LogP) is 1.69. The maximum atomic E-state index is 10.8. The lowest BCUT2D eigenvalue weighted by Crippen LogP contribution is -2.29. The molecule has 1 amide bonds. The summed E-state index contributed by atoms with van der Waals surface area (Å²) in [5.74, 6) is -0.287. The maximum Gasteiger partial charge on any atom is 0.220 e. The summed E-state index contributed by atoms with van der Waals surface area (Å²) in [6.07, 6.45) is 2.77. The second kappa shape index (κ2) is 3.63. The molecule has 1 aliphatic rings. The Balaban J connectivity index is 2.58. The van der Waals surface area contributed by atoms with Gasteiger partial charge in [-0.05, 0) is 12.8 Å². The Morgan fingerprint density at radius 2 is 2.09 bits per heavy atom. The molecule has 2 nitrogen and oxygen atoms in total. The molecule has 0 aliphatic heterocycles. The van der Waals surface area contributed by atoms with Gasteiger partial charge < -0.3 is 5.73 Å². The van der Waals surface area contributed by atoms with Crippen LogP contribution in [-0.2, 0) is 4.79 Å². The van der Waals surface area contributed by atoms with Gasteiger partial charge in [0.15, 0.2) is 0 Å². The monoisotopic (exact) mass is 195 g/mol. The van der Waals surface area contributed by atoms with Crippen LogP contribution in [0.15, 0.2) is 0 Å². The van der Waals surface area contributed by atoms with Crippen LogP contribution in [0.2, 0.25) is 0 Å². The zero-order valence-electron chi connectivity index (χ0n) is 6.09. The molecule has 2 unspecified atom stereocenters. The molecule has 0 bridgehead atoms. The highest BCUT2D eigenvalue weighted by Crippen LogP contribution is 2.37. The lowest BCUT2D eigenvalue weighted by molar-refractivity contribution is -0.122. The van der Waals surface area contributed by atoms with E-state index in [0.717, 1.165) is 19.3 Å². The highest BCUT2D eigenvalue weighted by atomic mass is 35.5. The van der Waals surface area contributed by atoms with Gasteiger partial charge in [0.1, 0.15) is 4.84 Å². The lowest BCUT2D eigenvalue weighted by atomic mass is 9.97. The number of carbonyl (C=O) groups excluding carboxylic acids is 1. The van der Waals surface area contributed by atoms with Gasteiger partial charge in [0.2, 0.25) is 5.91 Å². The van der Waals surface area contributed by atoms with Crippen LogP contribution in [0.1, 0.15) is 19.3 Å². The third-order valence-electron chi connectivity index (χ3n) is 2.26. The van der Waals surface area contributed by atoms with E-state index < -0.39 is 4.84 Å². The molecule has 64 valence electrons. The second-order valence-electron chi connectivity index (χ2n) is 2.94. The van der Waals surface area contributed by atoms with E-state index in [2.05, 4.69) is 0 Å². The van der Waals surface area contributed by atoms with Crippen LogP contribution in [0.25, 0.3) is 0 Å². The third-order valence-corrected chi connectivity index (χ3v) is 2.91. The Hall–Kier alpha value is 0.0500. The first-order chi connectivity index (χ1) is 5.13. The Morgan fingerprint density at radius 1 is 1.45 bits per heavy atom. The van der Waals surface area contributed by atoms with E-state index >= 15 is 0 Å². The Labute approximate surface area is 76.0 Å². The van der Waals surface area contributed by atoms with Crippen molar-refractivity contribution in [2.24, 2.45) is 17.6 Å². The summed E-state index contributed by atoms with van der Waals surface area (Å²) >= 11 is 11.4. The van der Waals surface area contributed by atoms with Gasteiger partial charge in [0, 0.05) is 11.8 Å². The van der Waals surface area contributed by atoms with E-state index in [1.807, 2.05) is 0 Å². The summed E-state index contributed by atoms with van der Waals surface area (Å²) in [5.41, 5.74) is 5.17. The number of alkyl halides is 2. The highest BCUT2D eigenvalue weighted by Gasteiger charge is 2.35. The summed E-state index contributed by atoms with van der Waals surface area (Å²) in [6, 6.07) is 0. The van der Waals surface area contributed by atoms with Crippen molar-refractivity contribution in [1.29, 1.82) is 0 Å². The molecule has 2 N–H and O–H groups in total.